The lowest BCUT2D eigenvalue weighted by atomic mass is 9.96. The molecule has 1 amide bonds. The number of rotatable bonds is 3. The summed E-state index contributed by atoms with van der Waals surface area (Å²) in [4.78, 5) is 31.2. The first kappa shape index (κ1) is 17.9. The van der Waals surface area contributed by atoms with Gasteiger partial charge in [-0.05, 0) is 42.0 Å². The number of aromatic nitrogens is 1. The third kappa shape index (κ3) is 3.06. The van der Waals surface area contributed by atoms with Gasteiger partial charge >= 0.3 is 0 Å². The van der Waals surface area contributed by atoms with Gasteiger partial charge in [0, 0.05) is 28.7 Å². The molecular formula is C22H15ClN2O3. The maximum atomic E-state index is 12.9. The van der Waals surface area contributed by atoms with Crippen LogP contribution in [0.1, 0.15) is 17.2 Å². The van der Waals surface area contributed by atoms with Crippen molar-refractivity contribution in [2.24, 2.45) is 0 Å². The molecule has 2 heterocycles. The van der Waals surface area contributed by atoms with Crippen LogP contribution in [0, 0.1) is 0 Å². The number of carbonyl (C=O) groups is 2. The molecule has 1 aliphatic heterocycles. The third-order valence-corrected chi connectivity index (χ3v) is 4.83. The standard InChI is InChI=1S/C22H15ClN2O3/c23-16-6-4-5-15(13-16)20(26)18-19(14-9-11-24-12-10-14)25(22(28)21(18)27)17-7-2-1-3-8-17/h1-13,19,26H/b20-18-. The highest BCUT2D eigenvalue weighted by atomic mass is 35.5. The number of halogens is 1. The molecule has 138 valence electrons. The molecule has 1 N–H and O–H groups in total. The van der Waals surface area contributed by atoms with Gasteiger partial charge in [0.15, 0.2) is 0 Å². The van der Waals surface area contributed by atoms with Crippen molar-refractivity contribution in [3.05, 3.63) is 101 Å². The van der Waals surface area contributed by atoms with Crippen LogP contribution in [-0.2, 0) is 9.59 Å². The molecule has 1 aromatic heterocycles. The molecule has 6 heteroatoms. The molecule has 1 saturated heterocycles. The van der Waals surface area contributed by atoms with E-state index in [9.17, 15) is 14.7 Å². The maximum absolute atomic E-state index is 12.9. The number of pyridine rings is 1. The Kier molecular flexibility index (Phi) is 4.67. The van der Waals surface area contributed by atoms with Gasteiger partial charge in [-0.1, -0.05) is 41.9 Å². The second kappa shape index (κ2) is 7.29. The van der Waals surface area contributed by atoms with Gasteiger partial charge in [-0.2, -0.15) is 0 Å². The summed E-state index contributed by atoms with van der Waals surface area (Å²) in [6.45, 7) is 0. The zero-order chi connectivity index (χ0) is 19.7. The number of para-hydroxylation sites is 1. The van der Waals surface area contributed by atoms with E-state index in [0.717, 1.165) is 0 Å². The second-order valence-electron chi connectivity index (χ2n) is 6.30. The van der Waals surface area contributed by atoms with Crippen molar-refractivity contribution >= 4 is 34.7 Å². The van der Waals surface area contributed by atoms with Crippen LogP contribution in [0.2, 0.25) is 5.02 Å². The van der Waals surface area contributed by atoms with E-state index in [-0.39, 0.29) is 11.3 Å². The number of hydrogen-bond acceptors (Lipinski definition) is 4. The van der Waals surface area contributed by atoms with Crippen molar-refractivity contribution in [1.82, 2.24) is 4.98 Å². The van der Waals surface area contributed by atoms with E-state index in [1.165, 1.54) is 4.90 Å². The van der Waals surface area contributed by atoms with Crippen molar-refractivity contribution in [2.75, 3.05) is 4.90 Å². The first-order chi connectivity index (χ1) is 13.6. The molecule has 2 aromatic carbocycles. The Morgan fingerprint density at radius 2 is 1.68 bits per heavy atom. The van der Waals surface area contributed by atoms with E-state index in [4.69, 9.17) is 11.6 Å². The van der Waals surface area contributed by atoms with Gasteiger partial charge < -0.3 is 5.11 Å². The SMILES string of the molecule is O=C1C(=O)N(c2ccccc2)C(c2ccncc2)/C1=C(/O)c1cccc(Cl)c1. The zero-order valence-electron chi connectivity index (χ0n) is 14.6. The van der Waals surface area contributed by atoms with Crippen molar-refractivity contribution in [3.8, 4) is 0 Å². The normalized spacial score (nSPS) is 18.5. The van der Waals surface area contributed by atoms with E-state index >= 15 is 0 Å². The molecule has 0 spiro atoms. The van der Waals surface area contributed by atoms with Gasteiger partial charge in [-0.3, -0.25) is 19.5 Å². The Morgan fingerprint density at radius 3 is 2.36 bits per heavy atom. The number of aliphatic hydroxyl groups excluding tert-OH is 1. The van der Waals surface area contributed by atoms with Gasteiger partial charge in [0.1, 0.15) is 5.76 Å². The fourth-order valence-corrected chi connectivity index (χ4v) is 3.53. The average molecular weight is 391 g/mol. The van der Waals surface area contributed by atoms with Crippen LogP contribution in [0.4, 0.5) is 5.69 Å². The van der Waals surface area contributed by atoms with E-state index in [2.05, 4.69) is 4.98 Å². The highest BCUT2D eigenvalue weighted by molar-refractivity contribution is 6.51. The van der Waals surface area contributed by atoms with Crippen LogP contribution in [-0.4, -0.2) is 21.8 Å². The number of aliphatic hydroxyl groups is 1. The number of nitrogens with zero attached hydrogens (tertiary/aromatic N) is 2. The summed E-state index contributed by atoms with van der Waals surface area (Å²) in [6, 6.07) is 18.1. The predicted octanol–water partition coefficient (Wildman–Crippen LogP) is 4.36. The Labute approximate surface area is 166 Å². The zero-order valence-corrected chi connectivity index (χ0v) is 15.4. The van der Waals surface area contributed by atoms with Crippen LogP contribution >= 0.6 is 11.6 Å². The Morgan fingerprint density at radius 1 is 0.964 bits per heavy atom. The summed E-state index contributed by atoms with van der Waals surface area (Å²) in [6.07, 6.45) is 3.17. The van der Waals surface area contributed by atoms with Crippen molar-refractivity contribution in [2.45, 2.75) is 6.04 Å². The molecule has 1 fully saturated rings. The first-order valence-corrected chi connectivity index (χ1v) is 8.97. The van der Waals surface area contributed by atoms with Gasteiger partial charge in [-0.25, -0.2) is 0 Å². The number of ketones is 1. The number of amides is 1. The minimum atomic E-state index is -0.774. The lowest BCUT2D eigenvalue weighted by Crippen LogP contribution is -2.29. The molecule has 3 aromatic rings. The number of anilines is 1. The van der Waals surface area contributed by atoms with Crippen LogP contribution in [0.5, 0.6) is 0 Å². The summed E-state index contributed by atoms with van der Waals surface area (Å²) >= 11 is 6.03. The number of benzene rings is 2. The Bertz CT molecular complexity index is 1080. The van der Waals surface area contributed by atoms with Crippen LogP contribution < -0.4 is 4.90 Å². The third-order valence-electron chi connectivity index (χ3n) is 4.60. The second-order valence-corrected chi connectivity index (χ2v) is 6.73. The Balaban J connectivity index is 1.95. The summed E-state index contributed by atoms with van der Waals surface area (Å²) in [5.74, 6) is -1.71. The Hall–Kier alpha value is -3.44. The molecule has 0 saturated carbocycles. The summed E-state index contributed by atoms with van der Waals surface area (Å²) in [5.41, 5.74) is 1.62. The fraction of sp³-hybridized carbons (Fsp3) is 0.0455. The number of Topliss-reactive ketones (excluding diaryl/α,β-unsaturated/α-hetero) is 1. The van der Waals surface area contributed by atoms with E-state index in [0.29, 0.717) is 21.8 Å². The molecule has 1 atom stereocenters. The summed E-state index contributed by atoms with van der Waals surface area (Å²) in [5, 5.41) is 11.4. The molecule has 5 nitrogen and oxygen atoms in total. The fourth-order valence-electron chi connectivity index (χ4n) is 3.34. The summed E-state index contributed by atoms with van der Waals surface area (Å²) in [7, 11) is 0. The van der Waals surface area contributed by atoms with Crippen LogP contribution in [0.25, 0.3) is 5.76 Å². The number of hydrogen-bond donors (Lipinski definition) is 1. The van der Waals surface area contributed by atoms with Gasteiger partial charge in [0.2, 0.25) is 0 Å². The highest BCUT2D eigenvalue weighted by Gasteiger charge is 2.46. The maximum Gasteiger partial charge on any atom is 0.300 e. The smallest absolute Gasteiger partial charge is 0.300 e. The molecule has 1 aliphatic rings. The van der Waals surface area contributed by atoms with Crippen molar-refractivity contribution in [1.29, 1.82) is 0 Å². The van der Waals surface area contributed by atoms with Crippen molar-refractivity contribution in [3.63, 3.8) is 0 Å². The van der Waals surface area contributed by atoms with Gasteiger partial charge in [0.05, 0.1) is 11.6 Å². The van der Waals surface area contributed by atoms with E-state index in [1.807, 2.05) is 6.07 Å². The predicted molar refractivity (Wildman–Crippen MR) is 107 cm³/mol. The van der Waals surface area contributed by atoms with E-state index in [1.54, 1.807) is 73.1 Å². The quantitative estimate of drug-likeness (QED) is 0.410. The lowest BCUT2D eigenvalue weighted by Gasteiger charge is -2.25. The molecule has 28 heavy (non-hydrogen) atoms. The summed E-state index contributed by atoms with van der Waals surface area (Å²) < 4.78 is 0. The van der Waals surface area contributed by atoms with Gasteiger partial charge in [-0.15, -0.1) is 0 Å². The average Bonchev–Trinajstić information content (AvgIpc) is 2.99. The minimum absolute atomic E-state index is 0.0160. The highest BCUT2D eigenvalue weighted by Crippen LogP contribution is 2.41. The first-order valence-electron chi connectivity index (χ1n) is 8.60. The lowest BCUT2D eigenvalue weighted by molar-refractivity contribution is -0.132. The minimum Gasteiger partial charge on any atom is -0.507 e. The molecular weight excluding hydrogens is 376 g/mol. The molecule has 0 bridgehead atoms. The molecule has 4 rings (SSSR count). The topological polar surface area (TPSA) is 70.5 Å². The molecule has 0 radical (unpaired) electrons. The largest absolute Gasteiger partial charge is 0.507 e. The molecule has 1 unspecified atom stereocenters. The van der Waals surface area contributed by atoms with Gasteiger partial charge in [0.25, 0.3) is 11.7 Å². The van der Waals surface area contributed by atoms with Crippen molar-refractivity contribution < 1.29 is 14.7 Å². The van der Waals surface area contributed by atoms with E-state index < -0.39 is 17.7 Å². The van der Waals surface area contributed by atoms with Crippen LogP contribution in [0.15, 0.2) is 84.7 Å². The molecule has 0 aliphatic carbocycles. The van der Waals surface area contributed by atoms with Crippen LogP contribution in [0.3, 0.4) is 0 Å². The number of carbonyl (C=O) groups excluding carboxylic acids is 2. The monoisotopic (exact) mass is 390 g/mol.